The number of hydrogen-bond donors (Lipinski definition) is 0. The van der Waals surface area contributed by atoms with Gasteiger partial charge in [0.25, 0.3) is 0 Å². The second kappa shape index (κ2) is 5.42. The quantitative estimate of drug-likeness (QED) is 0.826. The Bertz CT molecular complexity index is 731. The van der Waals surface area contributed by atoms with E-state index in [9.17, 15) is 4.39 Å². The van der Waals surface area contributed by atoms with E-state index in [1.165, 1.54) is 12.1 Å². The van der Waals surface area contributed by atoms with E-state index in [1.807, 2.05) is 19.9 Å². The number of benzene rings is 2. The summed E-state index contributed by atoms with van der Waals surface area (Å²) in [5, 5.41) is 17.9. The summed E-state index contributed by atoms with van der Waals surface area (Å²) in [5.74, 6) is 0.388. The van der Waals surface area contributed by atoms with E-state index in [0.717, 1.165) is 17.2 Å². The molecule has 0 spiro atoms. The highest BCUT2D eigenvalue weighted by atomic mass is 19.1. The molecule has 0 fully saturated rings. The van der Waals surface area contributed by atoms with E-state index in [0.29, 0.717) is 17.1 Å². The molecule has 0 atom stereocenters. The molecule has 0 amide bonds. The molecule has 2 rings (SSSR count). The minimum Gasteiger partial charge on any atom is -0.455 e. The van der Waals surface area contributed by atoms with Gasteiger partial charge in [-0.2, -0.15) is 10.5 Å². The Morgan fingerprint density at radius 2 is 1.65 bits per heavy atom. The van der Waals surface area contributed by atoms with E-state index in [2.05, 4.69) is 6.07 Å². The lowest BCUT2D eigenvalue weighted by Crippen LogP contribution is -1.95. The third kappa shape index (κ3) is 2.60. The number of ether oxygens (including phenoxy) is 1. The van der Waals surface area contributed by atoms with Gasteiger partial charge in [0, 0.05) is 0 Å². The fourth-order valence-corrected chi connectivity index (χ4v) is 1.96. The van der Waals surface area contributed by atoms with Crippen molar-refractivity contribution in [3.63, 3.8) is 0 Å². The van der Waals surface area contributed by atoms with Crippen LogP contribution < -0.4 is 4.74 Å². The minimum absolute atomic E-state index is 0.133. The second-order valence-corrected chi connectivity index (χ2v) is 4.41. The number of aryl methyl sites for hydroxylation is 2. The summed E-state index contributed by atoms with van der Waals surface area (Å²) in [6.07, 6.45) is 0. The van der Waals surface area contributed by atoms with Crippen molar-refractivity contribution in [2.45, 2.75) is 13.8 Å². The van der Waals surface area contributed by atoms with E-state index in [4.69, 9.17) is 15.3 Å². The Morgan fingerprint density at radius 1 is 1.00 bits per heavy atom. The van der Waals surface area contributed by atoms with E-state index >= 15 is 0 Å². The normalized spacial score (nSPS) is 9.65. The van der Waals surface area contributed by atoms with Crippen LogP contribution in [0.25, 0.3) is 0 Å². The molecule has 0 radical (unpaired) electrons. The first kappa shape index (κ1) is 13.6. The van der Waals surface area contributed by atoms with Crippen LogP contribution in [0.4, 0.5) is 4.39 Å². The van der Waals surface area contributed by atoms with Crippen molar-refractivity contribution in [3.8, 4) is 23.6 Å². The summed E-state index contributed by atoms with van der Waals surface area (Å²) in [6, 6.07) is 11.2. The zero-order chi connectivity index (χ0) is 14.7. The number of nitriles is 2. The molecule has 0 aliphatic heterocycles. The summed E-state index contributed by atoms with van der Waals surface area (Å²) in [6.45, 7) is 3.64. The van der Waals surface area contributed by atoms with Crippen molar-refractivity contribution in [1.29, 1.82) is 10.5 Å². The molecule has 20 heavy (non-hydrogen) atoms. The molecule has 98 valence electrons. The smallest absolute Gasteiger partial charge is 0.145 e. The Kier molecular flexibility index (Phi) is 3.68. The highest BCUT2D eigenvalue weighted by Gasteiger charge is 2.11. The van der Waals surface area contributed by atoms with Gasteiger partial charge in [0.05, 0.1) is 17.2 Å². The van der Waals surface area contributed by atoms with Crippen LogP contribution in [-0.2, 0) is 0 Å². The lowest BCUT2D eigenvalue weighted by Gasteiger charge is -2.13. The average molecular weight is 266 g/mol. The molecule has 0 N–H and O–H groups in total. The van der Waals surface area contributed by atoms with Crippen LogP contribution in [0.2, 0.25) is 0 Å². The summed E-state index contributed by atoms with van der Waals surface area (Å²) < 4.78 is 18.8. The monoisotopic (exact) mass is 266 g/mol. The second-order valence-electron chi connectivity index (χ2n) is 4.41. The molecule has 0 aliphatic carbocycles. The fourth-order valence-electron chi connectivity index (χ4n) is 1.96. The Hall–Kier alpha value is -2.85. The lowest BCUT2D eigenvalue weighted by atomic mass is 10.1. The topological polar surface area (TPSA) is 56.8 Å². The molecule has 0 saturated carbocycles. The molecule has 4 heteroatoms. The fraction of sp³-hybridized carbons (Fsp3) is 0.125. The predicted molar refractivity (Wildman–Crippen MR) is 71.8 cm³/mol. The molecular weight excluding hydrogens is 255 g/mol. The summed E-state index contributed by atoms with van der Waals surface area (Å²) in [5.41, 5.74) is 2.25. The van der Waals surface area contributed by atoms with Crippen molar-refractivity contribution in [3.05, 3.63) is 58.4 Å². The first-order valence-corrected chi connectivity index (χ1v) is 5.94. The number of halogens is 1. The third-order valence-corrected chi connectivity index (χ3v) is 2.86. The van der Waals surface area contributed by atoms with Crippen LogP contribution in [0.1, 0.15) is 22.3 Å². The molecule has 0 heterocycles. The first-order chi connectivity index (χ1) is 9.55. The van der Waals surface area contributed by atoms with Crippen molar-refractivity contribution >= 4 is 0 Å². The van der Waals surface area contributed by atoms with Crippen LogP contribution in [0.15, 0.2) is 30.3 Å². The zero-order valence-electron chi connectivity index (χ0n) is 11.1. The van der Waals surface area contributed by atoms with Gasteiger partial charge in [0.2, 0.25) is 0 Å². The highest BCUT2D eigenvalue weighted by Crippen LogP contribution is 2.31. The van der Waals surface area contributed by atoms with Crippen molar-refractivity contribution < 1.29 is 9.13 Å². The molecule has 2 aromatic rings. The summed E-state index contributed by atoms with van der Waals surface area (Å²) in [7, 11) is 0. The molecule has 3 nitrogen and oxygen atoms in total. The summed E-state index contributed by atoms with van der Waals surface area (Å²) >= 11 is 0. The van der Waals surface area contributed by atoms with Gasteiger partial charge in [-0.25, -0.2) is 4.39 Å². The van der Waals surface area contributed by atoms with Gasteiger partial charge in [-0.3, -0.25) is 0 Å². The number of hydrogen-bond acceptors (Lipinski definition) is 3. The number of rotatable bonds is 2. The van der Waals surface area contributed by atoms with E-state index < -0.39 is 5.82 Å². The molecule has 0 aliphatic rings. The standard InChI is InChI=1S/C16H11FN2O/c1-10-5-12(8-18)6-11(2)16(10)20-15-4-3-14(17)7-13(15)9-19/h3-7H,1-2H3. The van der Waals surface area contributed by atoms with Crippen molar-refractivity contribution in [1.82, 2.24) is 0 Å². The van der Waals surface area contributed by atoms with Crippen molar-refractivity contribution in [2.24, 2.45) is 0 Å². The van der Waals surface area contributed by atoms with Crippen LogP contribution in [-0.4, -0.2) is 0 Å². The van der Waals surface area contributed by atoms with Crippen LogP contribution >= 0.6 is 0 Å². The largest absolute Gasteiger partial charge is 0.455 e. The zero-order valence-corrected chi connectivity index (χ0v) is 11.1. The third-order valence-electron chi connectivity index (χ3n) is 2.86. The maximum absolute atomic E-state index is 13.1. The Labute approximate surface area is 116 Å². The predicted octanol–water partition coefficient (Wildman–Crippen LogP) is 3.98. The van der Waals surface area contributed by atoms with Crippen LogP contribution in [0.3, 0.4) is 0 Å². The maximum Gasteiger partial charge on any atom is 0.145 e. The van der Waals surface area contributed by atoms with Gasteiger partial charge < -0.3 is 4.74 Å². The Balaban J connectivity index is 2.46. The van der Waals surface area contributed by atoms with Gasteiger partial charge in [-0.15, -0.1) is 0 Å². The maximum atomic E-state index is 13.1. The highest BCUT2D eigenvalue weighted by molar-refractivity contribution is 5.51. The van der Waals surface area contributed by atoms with Crippen LogP contribution in [0, 0.1) is 42.3 Å². The van der Waals surface area contributed by atoms with E-state index in [-0.39, 0.29) is 5.56 Å². The molecule has 0 aromatic heterocycles. The number of nitrogens with zero attached hydrogens (tertiary/aromatic N) is 2. The molecule has 0 bridgehead atoms. The Morgan fingerprint density at radius 3 is 2.20 bits per heavy atom. The van der Waals surface area contributed by atoms with Gasteiger partial charge in [-0.1, -0.05) is 0 Å². The van der Waals surface area contributed by atoms with E-state index in [1.54, 1.807) is 12.1 Å². The minimum atomic E-state index is -0.484. The van der Waals surface area contributed by atoms with Gasteiger partial charge in [-0.05, 0) is 55.3 Å². The molecule has 2 aromatic carbocycles. The summed E-state index contributed by atoms with van der Waals surface area (Å²) in [4.78, 5) is 0. The van der Waals surface area contributed by atoms with Crippen LogP contribution in [0.5, 0.6) is 11.5 Å². The molecule has 0 saturated heterocycles. The first-order valence-electron chi connectivity index (χ1n) is 5.94. The average Bonchev–Trinajstić information content (AvgIpc) is 2.43. The van der Waals surface area contributed by atoms with Gasteiger partial charge in [0.1, 0.15) is 23.4 Å². The van der Waals surface area contributed by atoms with Crippen molar-refractivity contribution in [2.75, 3.05) is 0 Å². The SMILES string of the molecule is Cc1cc(C#N)cc(C)c1Oc1ccc(F)cc1C#N. The van der Waals surface area contributed by atoms with Gasteiger partial charge in [0.15, 0.2) is 0 Å². The lowest BCUT2D eigenvalue weighted by molar-refractivity contribution is 0.471. The van der Waals surface area contributed by atoms with Gasteiger partial charge >= 0.3 is 0 Å². The molecule has 0 unspecified atom stereocenters. The molecular formula is C16H11FN2O.